The van der Waals surface area contributed by atoms with Crippen molar-refractivity contribution in [2.75, 3.05) is 19.0 Å². The summed E-state index contributed by atoms with van der Waals surface area (Å²) in [5, 5.41) is 17.5. The molecule has 0 bridgehead atoms. The maximum absolute atomic E-state index is 14.7. The first kappa shape index (κ1) is 37.5. The van der Waals surface area contributed by atoms with Crippen LogP contribution in [0.1, 0.15) is 88.0 Å². The van der Waals surface area contributed by atoms with Gasteiger partial charge >= 0.3 is 5.97 Å². The van der Waals surface area contributed by atoms with E-state index in [2.05, 4.69) is 30.6 Å². The first-order chi connectivity index (χ1) is 26.0. The largest absolute Gasteiger partial charge is 0.496 e. The van der Waals surface area contributed by atoms with Crippen molar-refractivity contribution < 1.29 is 29.0 Å². The van der Waals surface area contributed by atoms with Gasteiger partial charge in [-0.2, -0.15) is 0 Å². The Kier molecular flexibility index (Phi) is 10.8. The lowest BCUT2D eigenvalue weighted by atomic mass is 9.92. The average molecular weight is 751 g/mol. The summed E-state index contributed by atoms with van der Waals surface area (Å²) >= 11 is 1.53. The molecule has 0 radical (unpaired) electrons. The number of anilines is 1. The van der Waals surface area contributed by atoms with Crippen LogP contribution in [0.4, 0.5) is 5.69 Å². The van der Waals surface area contributed by atoms with Crippen molar-refractivity contribution in [3.8, 4) is 22.2 Å². The van der Waals surface area contributed by atoms with Gasteiger partial charge in [0, 0.05) is 40.9 Å². The lowest BCUT2D eigenvalue weighted by molar-refractivity contribution is -0.147. The maximum Gasteiger partial charge on any atom is 0.310 e. The molecule has 2 aromatic carbocycles. The van der Waals surface area contributed by atoms with E-state index in [9.17, 15) is 19.5 Å². The third kappa shape index (κ3) is 7.60. The van der Waals surface area contributed by atoms with Crippen molar-refractivity contribution in [3.63, 3.8) is 0 Å². The minimum Gasteiger partial charge on any atom is -0.496 e. The van der Waals surface area contributed by atoms with Crippen LogP contribution < -0.4 is 14.8 Å². The van der Waals surface area contributed by atoms with Crippen molar-refractivity contribution in [2.24, 2.45) is 11.3 Å². The number of methoxy groups -OCH3 is 1. The van der Waals surface area contributed by atoms with Crippen LogP contribution in [0.2, 0.25) is 0 Å². The van der Waals surface area contributed by atoms with E-state index in [0.29, 0.717) is 30.0 Å². The monoisotopic (exact) mass is 750 g/mol. The summed E-state index contributed by atoms with van der Waals surface area (Å²) in [5.74, 6) is -0.00690. The Morgan fingerprint density at radius 3 is 2.57 bits per heavy atom. The number of nitrogens with one attached hydrogen (secondary N) is 1. The molecule has 5 atom stereocenters. The summed E-state index contributed by atoms with van der Waals surface area (Å²) in [4.78, 5) is 53.3. The number of pyridine rings is 1. The highest BCUT2D eigenvalue weighted by molar-refractivity contribution is 7.13. The topological polar surface area (TPSA) is 131 Å². The van der Waals surface area contributed by atoms with Crippen LogP contribution in [0.3, 0.4) is 0 Å². The van der Waals surface area contributed by atoms with E-state index in [1.165, 1.54) is 11.3 Å². The summed E-state index contributed by atoms with van der Waals surface area (Å²) in [6.07, 6.45) is 8.24. The molecular weight excluding hydrogens is 701 g/mol. The van der Waals surface area contributed by atoms with Crippen molar-refractivity contribution in [2.45, 2.75) is 103 Å². The molecule has 2 aromatic heterocycles. The molecule has 4 aromatic rings. The smallest absolute Gasteiger partial charge is 0.310 e. The number of Topliss-reactive ketones (excluding diaryl/α,β-unsaturated/α-hetero) is 1. The molecule has 3 aliphatic rings. The fraction of sp³-hybridized carbons (Fsp3) is 0.465. The van der Waals surface area contributed by atoms with Gasteiger partial charge in [0.2, 0.25) is 5.91 Å². The van der Waals surface area contributed by atoms with Gasteiger partial charge < -0.3 is 24.8 Å². The van der Waals surface area contributed by atoms with Gasteiger partial charge in [-0.25, -0.2) is 9.97 Å². The van der Waals surface area contributed by atoms with E-state index in [0.717, 1.165) is 64.1 Å². The van der Waals surface area contributed by atoms with Crippen molar-refractivity contribution in [3.05, 3.63) is 76.8 Å². The van der Waals surface area contributed by atoms with E-state index in [1.807, 2.05) is 62.4 Å². The first-order valence-electron chi connectivity index (χ1n) is 19.1. The third-order valence-corrected chi connectivity index (χ3v) is 12.3. The highest BCUT2D eigenvalue weighted by Gasteiger charge is 2.61. The molecule has 1 amide bonds. The van der Waals surface area contributed by atoms with Crippen molar-refractivity contribution in [1.29, 1.82) is 0 Å². The lowest BCUT2D eigenvalue weighted by Gasteiger charge is -2.29. The Bertz CT molecular complexity index is 2080. The van der Waals surface area contributed by atoms with Crippen LogP contribution in [0.25, 0.3) is 21.6 Å². The van der Waals surface area contributed by atoms with Gasteiger partial charge in [0.15, 0.2) is 5.78 Å². The number of ether oxygens (including phenoxy) is 2. The Morgan fingerprint density at radius 1 is 1.06 bits per heavy atom. The molecule has 2 aliphatic heterocycles. The minimum absolute atomic E-state index is 0.127. The second kappa shape index (κ2) is 15.5. The van der Waals surface area contributed by atoms with Crippen molar-refractivity contribution >= 4 is 45.6 Å². The number of carboxylic acids is 1. The van der Waals surface area contributed by atoms with Crippen LogP contribution >= 0.6 is 11.3 Å². The number of nitrogens with zero attached hydrogens (tertiary/aromatic N) is 3. The molecule has 2 N–H and O–H groups in total. The Labute approximate surface area is 321 Å². The summed E-state index contributed by atoms with van der Waals surface area (Å²) < 4.78 is 12.5. The van der Waals surface area contributed by atoms with Crippen LogP contribution in [0.15, 0.2) is 60.0 Å². The van der Waals surface area contributed by atoms with Crippen LogP contribution in [-0.4, -0.2) is 69.5 Å². The minimum atomic E-state index is -1.14. The molecular formula is C43H50N4O6S. The number of fused-ring (bicyclic) bond motifs is 3. The van der Waals surface area contributed by atoms with Crippen molar-refractivity contribution in [1.82, 2.24) is 14.9 Å². The third-order valence-electron chi connectivity index (χ3n) is 11.4. The number of thiazole rings is 1. The molecule has 1 saturated carbocycles. The number of allylic oxidation sites excluding steroid dienone is 2. The number of carboxylic acid groups (broad SMARTS) is 1. The Hall–Kier alpha value is -4.77. The Morgan fingerprint density at radius 2 is 1.85 bits per heavy atom. The quantitative estimate of drug-likeness (QED) is 0.170. The number of carbonyl (C=O) groups excluding carboxylic acids is 2. The molecule has 1 aliphatic carbocycles. The van der Waals surface area contributed by atoms with E-state index >= 15 is 0 Å². The zero-order valence-electron chi connectivity index (χ0n) is 31.8. The zero-order valence-corrected chi connectivity index (χ0v) is 32.6. The lowest BCUT2D eigenvalue weighted by Crippen LogP contribution is -2.48. The van der Waals surface area contributed by atoms with Gasteiger partial charge in [-0.05, 0) is 75.6 Å². The summed E-state index contributed by atoms with van der Waals surface area (Å²) in [5.41, 5.74) is 4.06. The van der Waals surface area contributed by atoms with Gasteiger partial charge in [0.1, 0.15) is 34.3 Å². The van der Waals surface area contributed by atoms with E-state index in [-0.39, 0.29) is 42.9 Å². The number of aryl methyl sites for hydroxylation is 2. The van der Waals surface area contributed by atoms with Crippen LogP contribution in [-0.2, 0) is 14.4 Å². The molecule has 0 spiro atoms. The van der Waals surface area contributed by atoms with Gasteiger partial charge in [0.05, 0.1) is 36.3 Å². The number of aromatic nitrogens is 2. The number of aliphatic carboxylic acids is 1. The van der Waals surface area contributed by atoms with Gasteiger partial charge in [-0.15, -0.1) is 11.3 Å². The second-order valence-electron chi connectivity index (χ2n) is 15.6. The molecule has 0 unspecified atom stereocenters. The van der Waals surface area contributed by atoms with E-state index in [4.69, 9.17) is 19.4 Å². The molecule has 284 valence electrons. The number of hydrogen-bond acceptors (Lipinski definition) is 9. The van der Waals surface area contributed by atoms with Gasteiger partial charge in [0.25, 0.3) is 0 Å². The standard InChI is InChI=1S/C43H50N4O6S/c1-25(2)34-24-54-40(46-34)33-20-38(31-17-18-37(52-5)27(4)39(31)45-33)53-30-19-35-36(48)22-43(42(50)51)21-28(43)11-9-7-6-8-10-12-32(41(49)47(35)23-30)44-29-15-13-26(3)14-16-29/h9,11,13-18,20,24-25,28,30,32,35,44H,6-8,10,12,19,21-23H2,1-5H3,(H,50,51)/b11-9-/t28-,30-,32+,35+,43-/m1/s1. The van der Waals surface area contributed by atoms with Gasteiger partial charge in [-0.3, -0.25) is 14.4 Å². The highest BCUT2D eigenvalue weighted by Crippen LogP contribution is 2.57. The zero-order chi connectivity index (χ0) is 38.1. The molecule has 2 fully saturated rings. The normalized spacial score (nSPS) is 25.4. The summed E-state index contributed by atoms with van der Waals surface area (Å²) in [6, 6.07) is 12.3. The van der Waals surface area contributed by atoms with Crippen LogP contribution in [0.5, 0.6) is 11.5 Å². The molecule has 54 heavy (non-hydrogen) atoms. The second-order valence-corrected chi connectivity index (χ2v) is 16.4. The number of hydrogen-bond donors (Lipinski definition) is 2. The van der Waals surface area contributed by atoms with Gasteiger partial charge in [-0.1, -0.05) is 56.5 Å². The number of carbonyl (C=O) groups is 3. The van der Waals surface area contributed by atoms with E-state index in [1.54, 1.807) is 12.0 Å². The number of rotatable bonds is 8. The molecule has 7 rings (SSSR count). The SMILES string of the molecule is COc1ccc2c(O[C@@H]3C[C@H]4C(=O)C[C@]5(C(=O)O)C[C@H]5/C=C\CCCCC[C@H](Nc5ccc(C)cc5)C(=O)N4C3)cc(-c3nc(C(C)C)cs3)nc2c1C. The summed E-state index contributed by atoms with van der Waals surface area (Å²) in [7, 11) is 1.63. The molecule has 4 heterocycles. The number of amides is 1. The fourth-order valence-corrected chi connectivity index (χ4v) is 8.92. The first-order valence-corrected chi connectivity index (χ1v) is 20.0. The molecule has 1 saturated heterocycles. The molecule has 10 nitrogen and oxygen atoms in total. The summed E-state index contributed by atoms with van der Waals surface area (Å²) in [6.45, 7) is 8.39. The Balaban J connectivity index is 1.25. The fourth-order valence-electron chi connectivity index (χ4n) is 7.98. The predicted molar refractivity (Wildman–Crippen MR) is 211 cm³/mol. The average Bonchev–Trinajstić information content (AvgIpc) is 3.44. The van der Waals surface area contributed by atoms with Crippen LogP contribution in [0, 0.1) is 25.2 Å². The number of benzene rings is 2. The maximum atomic E-state index is 14.7. The highest BCUT2D eigenvalue weighted by atomic mass is 32.1. The molecule has 11 heteroatoms. The predicted octanol–water partition coefficient (Wildman–Crippen LogP) is 8.51. The van der Waals surface area contributed by atoms with E-state index < -0.39 is 29.6 Å². The number of ketones is 1.